The number of aromatic nitrogens is 1. The molecule has 0 aliphatic heterocycles. The molecule has 0 fully saturated rings. The quantitative estimate of drug-likeness (QED) is 0.764. The van der Waals surface area contributed by atoms with E-state index in [4.69, 9.17) is 0 Å². The van der Waals surface area contributed by atoms with Crippen LogP contribution in [0.25, 0.3) is 0 Å². The second kappa shape index (κ2) is 5.31. The van der Waals surface area contributed by atoms with Gasteiger partial charge < -0.3 is 4.57 Å². The van der Waals surface area contributed by atoms with Crippen LogP contribution in [-0.2, 0) is 13.0 Å². The topological polar surface area (TPSA) is 22.0 Å². The van der Waals surface area contributed by atoms with Gasteiger partial charge in [0.2, 0.25) is 0 Å². The Morgan fingerprint density at radius 3 is 2.31 bits per heavy atom. The maximum Gasteiger partial charge on any atom is 0.181 e. The van der Waals surface area contributed by atoms with E-state index in [-0.39, 0.29) is 5.43 Å². The predicted molar refractivity (Wildman–Crippen MR) is 65.5 cm³/mol. The molecule has 2 rings (SSSR count). The molecule has 0 atom stereocenters. The summed E-state index contributed by atoms with van der Waals surface area (Å²) < 4.78 is 2.05. The van der Waals surface area contributed by atoms with Gasteiger partial charge in [0.15, 0.2) is 5.43 Å². The van der Waals surface area contributed by atoms with Gasteiger partial charge in [0.25, 0.3) is 0 Å². The molecular weight excluding hydrogens is 198 g/mol. The van der Waals surface area contributed by atoms with Crippen molar-refractivity contribution < 1.29 is 0 Å². The van der Waals surface area contributed by atoms with Crippen molar-refractivity contribution in [3.63, 3.8) is 0 Å². The Bertz CT molecular complexity index is 467. The van der Waals surface area contributed by atoms with Crippen LogP contribution in [0.1, 0.15) is 12.0 Å². The van der Waals surface area contributed by atoms with E-state index in [1.54, 1.807) is 12.1 Å². The van der Waals surface area contributed by atoms with E-state index in [0.717, 1.165) is 19.4 Å². The number of hydrogen-bond donors (Lipinski definition) is 0. The van der Waals surface area contributed by atoms with E-state index in [9.17, 15) is 4.79 Å². The fourth-order valence-electron chi connectivity index (χ4n) is 1.70. The molecule has 0 spiro atoms. The Balaban J connectivity index is 1.84. The molecule has 0 aliphatic rings. The van der Waals surface area contributed by atoms with Crippen LogP contribution in [0.5, 0.6) is 0 Å². The molecule has 1 aromatic carbocycles. The van der Waals surface area contributed by atoms with Gasteiger partial charge in [-0.1, -0.05) is 30.3 Å². The predicted octanol–water partition coefficient (Wildman–Crippen LogP) is 2.48. The molecule has 0 aliphatic carbocycles. The highest BCUT2D eigenvalue weighted by atomic mass is 16.1. The summed E-state index contributed by atoms with van der Waals surface area (Å²) in [6, 6.07) is 13.6. The summed E-state index contributed by atoms with van der Waals surface area (Å²) in [7, 11) is 0. The van der Waals surface area contributed by atoms with Crippen molar-refractivity contribution in [1.82, 2.24) is 4.57 Å². The van der Waals surface area contributed by atoms with Crippen molar-refractivity contribution in [1.29, 1.82) is 0 Å². The van der Waals surface area contributed by atoms with Crippen LogP contribution in [-0.4, -0.2) is 4.57 Å². The first-order valence-corrected chi connectivity index (χ1v) is 5.55. The number of nitrogens with zero attached hydrogens (tertiary/aromatic N) is 1. The van der Waals surface area contributed by atoms with Crippen LogP contribution in [0.15, 0.2) is 59.7 Å². The normalized spacial score (nSPS) is 10.2. The number of pyridine rings is 1. The third-order valence-electron chi connectivity index (χ3n) is 2.59. The van der Waals surface area contributed by atoms with Gasteiger partial charge >= 0.3 is 0 Å². The van der Waals surface area contributed by atoms with Crippen LogP contribution < -0.4 is 5.43 Å². The molecule has 82 valence electrons. The zero-order chi connectivity index (χ0) is 11.2. The van der Waals surface area contributed by atoms with E-state index < -0.39 is 0 Å². The van der Waals surface area contributed by atoms with Crippen molar-refractivity contribution >= 4 is 0 Å². The van der Waals surface area contributed by atoms with Crippen molar-refractivity contribution in [3.8, 4) is 0 Å². The smallest absolute Gasteiger partial charge is 0.181 e. The Morgan fingerprint density at radius 2 is 1.62 bits per heavy atom. The highest BCUT2D eigenvalue weighted by Crippen LogP contribution is 2.03. The van der Waals surface area contributed by atoms with Crippen LogP contribution in [0, 0.1) is 0 Å². The van der Waals surface area contributed by atoms with Gasteiger partial charge in [-0.15, -0.1) is 0 Å². The first-order chi connectivity index (χ1) is 7.84. The molecule has 0 saturated carbocycles. The molecule has 0 unspecified atom stereocenters. The number of benzene rings is 1. The molecule has 0 saturated heterocycles. The summed E-state index contributed by atoms with van der Waals surface area (Å²) in [6.07, 6.45) is 5.85. The molecule has 0 N–H and O–H groups in total. The van der Waals surface area contributed by atoms with Crippen molar-refractivity contribution in [2.24, 2.45) is 0 Å². The highest BCUT2D eigenvalue weighted by Gasteiger charge is 1.93. The van der Waals surface area contributed by atoms with E-state index in [1.807, 2.05) is 23.0 Å². The molecule has 2 nitrogen and oxygen atoms in total. The highest BCUT2D eigenvalue weighted by molar-refractivity contribution is 5.14. The SMILES string of the molecule is O=c1ccn(CCCc2ccccc2)cc1. The Hall–Kier alpha value is -1.83. The zero-order valence-electron chi connectivity index (χ0n) is 9.17. The van der Waals surface area contributed by atoms with Gasteiger partial charge in [-0.2, -0.15) is 0 Å². The largest absolute Gasteiger partial charge is 0.354 e. The molecule has 1 aromatic heterocycles. The molecule has 2 heteroatoms. The maximum atomic E-state index is 10.9. The lowest BCUT2D eigenvalue weighted by atomic mass is 10.1. The first kappa shape index (κ1) is 10.7. The third-order valence-corrected chi connectivity index (χ3v) is 2.59. The molecule has 1 heterocycles. The van der Waals surface area contributed by atoms with Gasteiger partial charge in [0, 0.05) is 31.1 Å². The Morgan fingerprint density at radius 1 is 0.938 bits per heavy atom. The summed E-state index contributed by atoms with van der Waals surface area (Å²) in [5.41, 5.74) is 1.43. The summed E-state index contributed by atoms with van der Waals surface area (Å²) in [5.74, 6) is 0. The van der Waals surface area contributed by atoms with E-state index in [1.165, 1.54) is 5.56 Å². The van der Waals surface area contributed by atoms with Crippen LogP contribution in [0.4, 0.5) is 0 Å². The van der Waals surface area contributed by atoms with Gasteiger partial charge in [-0.05, 0) is 18.4 Å². The van der Waals surface area contributed by atoms with Crippen LogP contribution in [0.3, 0.4) is 0 Å². The minimum absolute atomic E-state index is 0.0688. The fourth-order valence-corrected chi connectivity index (χ4v) is 1.70. The third kappa shape index (κ3) is 3.09. The number of hydrogen-bond acceptors (Lipinski definition) is 1. The van der Waals surface area contributed by atoms with Gasteiger partial charge in [0.05, 0.1) is 0 Å². The Kier molecular flexibility index (Phi) is 3.54. The van der Waals surface area contributed by atoms with Gasteiger partial charge in [-0.3, -0.25) is 4.79 Å². The van der Waals surface area contributed by atoms with Gasteiger partial charge in [0.1, 0.15) is 0 Å². The average molecular weight is 213 g/mol. The number of rotatable bonds is 4. The zero-order valence-corrected chi connectivity index (χ0v) is 9.17. The standard InChI is InChI=1S/C14H15NO/c16-14-8-11-15(12-9-14)10-4-7-13-5-2-1-3-6-13/h1-3,5-6,8-9,11-12H,4,7,10H2. The number of aryl methyl sites for hydroxylation is 2. The van der Waals surface area contributed by atoms with Crippen molar-refractivity contribution in [2.45, 2.75) is 19.4 Å². The minimum Gasteiger partial charge on any atom is -0.354 e. The molecular formula is C14H15NO. The fraction of sp³-hybridized carbons (Fsp3) is 0.214. The average Bonchev–Trinajstić information content (AvgIpc) is 2.33. The van der Waals surface area contributed by atoms with E-state index in [2.05, 4.69) is 24.3 Å². The van der Waals surface area contributed by atoms with E-state index in [0.29, 0.717) is 0 Å². The first-order valence-electron chi connectivity index (χ1n) is 5.55. The van der Waals surface area contributed by atoms with Crippen LogP contribution >= 0.6 is 0 Å². The minimum atomic E-state index is 0.0688. The van der Waals surface area contributed by atoms with Crippen LogP contribution in [0.2, 0.25) is 0 Å². The molecule has 0 bridgehead atoms. The summed E-state index contributed by atoms with van der Waals surface area (Å²) in [5, 5.41) is 0. The summed E-state index contributed by atoms with van der Waals surface area (Å²) in [4.78, 5) is 10.9. The summed E-state index contributed by atoms with van der Waals surface area (Å²) >= 11 is 0. The lowest BCUT2D eigenvalue weighted by Crippen LogP contribution is -2.04. The second-order valence-corrected chi connectivity index (χ2v) is 3.86. The van der Waals surface area contributed by atoms with Crippen molar-refractivity contribution in [2.75, 3.05) is 0 Å². The second-order valence-electron chi connectivity index (χ2n) is 3.86. The van der Waals surface area contributed by atoms with Crippen molar-refractivity contribution in [3.05, 3.63) is 70.6 Å². The molecule has 0 radical (unpaired) electrons. The lowest BCUT2D eigenvalue weighted by Gasteiger charge is -2.05. The maximum absolute atomic E-state index is 10.9. The molecule has 2 aromatic rings. The monoisotopic (exact) mass is 213 g/mol. The molecule has 0 amide bonds. The van der Waals surface area contributed by atoms with E-state index >= 15 is 0 Å². The summed E-state index contributed by atoms with van der Waals surface area (Å²) in [6.45, 7) is 0.954. The lowest BCUT2D eigenvalue weighted by molar-refractivity contribution is 0.638. The Labute approximate surface area is 95.2 Å². The molecule has 16 heavy (non-hydrogen) atoms. The van der Waals surface area contributed by atoms with Gasteiger partial charge in [-0.25, -0.2) is 0 Å².